The Hall–Kier alpha value is -5.86. The van der Waals surface area contributed by atoms with Crippen LogP contribution in [0.4, 0.5) is 17.1 Å². The number of para-hydroxylation sites is 2. The molecule has 9 rings (SSSR count). The number of anilines is 3. The molecule has 0 aliphatic heterocycles. The van der Waals surface area contributed by atoms with Crippen molar-refractivity contribution >= 4 is 17.1 Å². The fraction of sp³-hybridized carbons (Fsp3) is 0.160. The van der Waals surface area contributed by atoms with Crippen molar-refractivity contribution in [2.75, 3.05) is 11.1 Å². The van der Waals surface area contributed by atoms with Crippen molar-refractivity contribution in [2.24, 2.45) is 0 Å². The summed E-state index contributed by atoms with van der Waals surface area (Å²) < 4.78 is 68.9. The Bertz CT molecular complexity index is 2780. The summed E-state index contributed by atoms with van der Waals surface area (Å²) in [4.78, 5) is 0. The third-order valence-corrected chi connectivity index (χ3v) is 10.8. The Morgan fingerprint density at radius 1 is 0.577 bits per heavy atom. The molecule has 2 heteroatoms. The van der Waals surface area contributed by atoms with Crippen LogP contribution in [0.15, 0.2) is 146 Å². The summed E-state index contributed by atoms with van der Waals surface area (Å²) in [7, 11) is 0. The van der Waals surface area contributed by atoms with Crippen LogP contribution in [0.2, 0.25) is 0 Å². The van der Waals surface area contributed by atoms with Gasteiger partial charge in [-0.25, -0.2) is 0 Å². The van der Waals surface area contributed by atoms with Gasteiger partial charge in [0.05, 0.1) is 22.5 Å². The largest absolute Gasteiger partial charge is 0.397 e. The Kier molecular flexibility index (Phi) is 5.55. The van der Waals surface area contributed by atoms with E-state index in [9.17, 15) is 2.74 Å². The van der Waals surface area contributed by atoms with Gasteiger partial charge in [-0.15, -0.1) is 0 Å². The number of rotatable bonds is 4. The van der Waals surface area contributed by atoms with Gasteiger partial charge in [-0.1, -0.05) is 147 Å². The lowest BCUT2D eigenvalue weighted by molar-refractivity contribution is 0.591. The minimum atomic E-state index is -2.56. The maximum Gasteiger partial charge on any atom is 0.0719 e. The molecule has 52 heavy (non-hydrogen) atoms. The average molecular weight is 681 g/mol. The smallest absolute Gasteiger partial charge is 0.0719 e. The second-order valence-corrected chi connectivity index (χ2v) is 15.0. The molecule has 0 fully saturated rings. The van der Waals surface area contributed by atoms with Crippen molar-refractivity contribution in [2.45, 2.75) is 51.7 Å². The number of benzene rings is 7. The van der Waals surface area contributed by atoms with Crippen LogP contribution in [-0.2, 0) is 17.2 Å². The number of nitrogen functional groups attached to an aromatic ring is 1. The van der Waals surface area contributed by atoms with Gasteiger partial charge in [0, 0.05) is 22.1 Å². The van der Waals surface area contributed by atoms with E-state index in [2.05, 4.69) is 74.6 Å². The summed E-state index contributed by atoms with van der Waals surface area (Å²) >= 11 is 0. The molecule has 0 amide bonds. The van der Waals surface area contributed by atoms with Crippen LogP contribution in [0.3, 0.4) is 0 Å². The van der Waals surface area contributed by atoms with Crippen LogP contribution in [0.1, 0.15) is 81.8 Å². The van der Waals surface area contributed by atoms with Crippen molar-refractivity contribution in [3.05, 3.63) is 196 Å². The Balaban J connectivity index is 1.37. The Morgan fingerprint density at radius 3 is 1.81 bits per heavy atom. The van der Waals surface area contributed by atoms with E-state index >= 15 is 0 Å². The first kappa shape index (κ1) is 24.3. The summed E-state index contributed by atoms with van der Waals surface area (Å²) in [5, 5.41) is 3.63. The number of nitrogens with two attached hydrogens (primary N) is 1. The lowest BCUT2D eigenvalue weighted by Crippen LogP contribution is -2.34. The fourth-order valence-corrected chi connectivity index (χ4v) is 8.35. The predicted molar refractivity (Wildman–Crippen MR) is 220 cm³/mol. The molecule has 7 aromatic carbocycles. The fourth-order valence-electron chi connectivity index (χ4n) is 8.35. The van der Waals surface area contributed by atoms with Crippen molar-refractivity contribution in [1.82, 2.24) is 0 Å². The molecule has 3 N–H and O–H groups in total. The van der Waals surface area contributed by atoms with Gasteiger partial charge in [-0.2, -0.15) is 0 Å². The van der Waals surface area contributed by atoms with Crippen molar-refractivity contribution in [3.8, 4) is 33.4 Å². The molecule has 2 aliphatic rings. The first-order valence-electron chi connectivity index (χ1n) is 21.7. The Morgan fingerprint density at radius 2 is 1.15 bits per heavy atom. The third-order valence-electron chi connectivity index (χ3n) is 10.8. The van der Waals surface area contributed by atoms with Crippen LogP contribution < -0.4 is 11.1 Å². The number of fused-ring (bicyclic) bond motifs is 9. The summed E-state index contributed by atoms with van der Waals surface area (Å²) in [6.45, 7) is 1.23. The molecule has 1 spiro atoms. The van der Waals surface area contributed by atoms with E-state index < -0.39 is 25.5 Å². The molecule has 2 nitrogen and oxygen atoms in total. The molecule has 0 unspecified atom stereocenters. The highest BCUT2D eigenvalue weighted by atomic mass is 14.9. The second-order valence-electron chi connectivity index (χ2n) is 15.0. The molecule has 0 radical (unpaired) electrons. The van der Waals surface area contributed by atoms with E-state index in [-0.39, 0.29) is 16.5 Å². The van der Waals surface area contributed by atoms with E-state index in [1.807, 2.05) is 72.8 Å². The van der Waals surface area contributed by atoms with E-state index in [1.165, 1.54) is 6.07 Å². The molecule has 0 saturated heterocycles. The number of aryl methyl sites for hydroxylation is 2. The topological polar surface area (TPSA) is 38.0 Å². The van der Waals surface area contributed by atoms with Crippen LogP contribution in [0.5, 0.6) is 0 Å². The van der Waals surface area contributed by atoms with Crippen LogP contribution in [0, 0.1) is 13.7 Å². The zero-order valence-corrected chi connectivity index (χ0v) is 29.4. The normalized spacial score (nSPS) is 17.4. The highest BCUT2D eigenvalue weighted by molar-refractivity contribution is 5.97. The van der Waals surface area contributed by atoms with Gasteiger partial charge in [0.25, 0.3) is 0 Å². The SMILES string of the molecule is [2H]C([2H])([2H])c1cc(-c2cc(C(C)(C)C)cc(-c3ccc4c(c3)-c3ccccc3C43c4ccccc4C([2H])([2H])c4ccccc43)c2Nc2ccccc2N)cc(C([2H])([2H])[2H])c1. The summed E-state index contributed by atoms with van der Waals surface area (Å²) in [6, 6.07) is 46.6. The molecule has 254 valence electrons. The minimum Gasteiger partial charge on any atom is -0.397 e. The van der Waals surface area contributed by atoms with Gasteiger partial charge in [0.1, 0.15) is 0 Å². The van der Waals surface area contributed by atoms with E-state index in [4.69, 9.17) is 14.0 Å². The van der Waals surface area contributed by atoms with Crippen molar-refractivity contribution in [1.29, 1.82) is 0 Å². The van der Waals surface area contributed by atoms with Crippen molar-refractivity contribution in [3.63, 3.8) is 0 Å². The molecule has 0 aromatic heterocycles. The third kappa shape index (κ3) is 4.93. The van der Waals surface area contributed by atoms with Gasteiger partial charge in [0.2, 0.25) is 0 Å². The van der Waals surface area contributed by atoms with Crippen molar-refractivity contribution < 1.29 is 11.0 Å². The number of nitrogens with one attached hydrogen (secondary N) is 1. The van der Waals surface area contributed by atoms with Gasteiger partial charge in [0.15, 0.2) is 0 Å². The molecule has 0 heterocycles. The lowest BCUT2D eigenvalue weighted by atomic mass is 9.61. The van der Waals surface area contributed by atoms with Crippen LogP contribution in [-0.4, -0.2) is 0 Å². The van der Waals surface area contributed by atoms with Crippen LogP contribution in [0.25, 0.3) is 33.4 Å². The average Bonchev–Trinajstić information content (AvgIpc) is 3.50. The molecule has 0 saturated carbocycles. The molecule has 2 aliphatic carbocycles. The molecule has 0 atom stereocenters. The zero-order chi connectivity index (χ0) is 42.6. The van der Waals surface area contributed by atoms with Crippen LogP contribution >= 0.6 is 0 Å². The van der Waals surface area contributed by atoms with Gasteiger partial charge in [-0.05, 0) is 117 Å². The Labute approximate surface area is 319 Å². The van der Waals surface area contributed by atoms with E-state index in [0.29, 0.717) is 39.3 Å². The first-order chi connectivity index (χ1) is 28.3. The summed E-state index contributed by atoms with van der Waals surface area (Å²) in [5.74, 6) is 0. The molecule has 7 aromatic rings. The van der Waals surface area contributed by atoms with Gasteiger partial charge >= 0.3 is 0 Å². The molecule has 0 bridgehead atoms. The highest BCUT2D eigenvalue weighted by Gasteiger charge is 2.49. The standard InChI is InChI=1S/C50H44N2/c1-31-24-32(2)26-36(25-31)40-30-37(49(3,4)5)29-39(48(40)52-47-21-13-12-20-46(47)51)33-22-23-45-41(28-33)38-16-8-11-19-44(38)50(45)42-17-9-6-14-34(42)27-35-15-7-10-18-43(35)50/h6-26,28-30,52H,27,51H2,1-5H3/i1D3,2D3,27D2. The maximum atomic E-state index is 9.43. The lowest BCUT2D eigenvalue weighted by Gasteiger charge is -2.40. The zero-order valence-electron chi connectivity index (χ0n) is 37.4. The summed E-state index contributed by atoms with van der Waals surface area (Å²) in [6.07, 6.45) is -1.71. The first-order valence-corrected chi connectivity index (χ1v) is 17.7. The van der Waals surface area contributed by atoms with Gasteiger partial charge < -0.3 is 11.1 Å². The molecular weight excluding hydrogens is 629 g/mol. The van der Waals surface area contributed by atoms with Gasteiger partial charge in [-0.3, -0.25) is 0 Å². The molecular formula is C50H44N2. The number of hydrogen-bond acceptors (Lipinski definition) is 2. The highest BCUT2D eigenvalue weighted by Crippen LogP contribution is 2.60. The predicted octanol–water partition coefficient (Wildman–Crippen LogP) is 12.5. The maximum absolute atomic E-state index is 9.43. The quantitative estimate of drug-likeness (QED) is 0.182. The van der Waals surface area contributed by atoms with E-state index in [0.717, 1.165) is 50.1 Å². The monoisotopic (exact) mass is 680 g/mol. The second kappa shape index (κ2) is 11.9. The minimum absolute atomic E-state index is 0.0594. The summed E-state index contributed by atoms with van der Waals surface area (Å²) in [5.41, 5.74) is 18.1. The number of hydrogen-bond donors (Lipinski definition) is 2. The van der Waals surface area contributed by atoms with E-state index in [1.54, 1.807) is 18.2 Å².